The van der Waals surface area contributed by atoms with Gasteiger partial charge in [0.1, 0.15) is 11.9 Å². The van der Waals surface area contributed by atoms with E-state index in [0.717, 1.165) is 35.5 Å². The normalized spacial score (nSPS) is 36.5. The number of aromatic nitrogens is 1. The van der Waals surface area contributed by atoms with Gasteiger partial charge in [0.15, 0.2) is 0 Å². The molecule has 8 heteroatoms. The van der Waals surface area contributed by atoms with E-state index in [2.05, 4.69) is 18.0 Å². The molecule has 0 bridgehead atoms. The van der Waals surface area contributed by atoms with E-state index in [4.69, 9.17) is 9.47 Å². The minimum absolute atomic E-state index is 0.0485. The Hall–Kier alpha value is -2.08. The van der Waals surface area contributed by atoms with Crippen LogP contribution < -0.4 is 0 Å². The Kier molecular flexibility index (Phi) is 8.80. The summed E-state index contributed by atoms with van der Waals surface area (Å²) in [6.45, 7) is 13.0. The van der Waals surface area contributed by atoms with Crippen LogP contribution in [0.4, 0.5) is 0 Å². The molecule has 1 N–H and O–H groups in total. The summed E-state index contributed by atoms with van der Waals surface area (Å²) < 4.78 is 12.0. The molecule has 1 aromatic rings. The fraction of sp³-hybridized carbons (Fsp3) is 0.714. The van der Waals surface area contributed by atoms with Gasteiger partial charge in [0.2, 0.25) is 0 Å². The third-order valence-corrected chi connectivity index (χ3v) is 8.92. The molecule has 2 aliphatic heterocycles. The topological polar surface area (TPSA) is 113 Å². The summed E-state index contributed by atoms with van der Waals surface area (Å²) >= 11 is 1.56. The number of carbonyl (C=O) groups is 2. The highest BCUT2D eigenvalue weighted by Gasteiger charge is 2.53. The van der Waals surface area contributed by atoms with Crippen LogP contribution in [0.1, 0.15) is 84.3 Å². The Bertz CT molecular complexity index is 1040. The molecule has 3 rings (SSSR count). The van der Waals surface area contributed by atoms with Crippen LogP contribution in [0.25, 0.3) is 6.08 Å². The summed E-state index contributed by atoms with van der Waals surface area (Å²) in [4.78, 5) is 31.0. The third kappa shape index (κ3) is 6.42. The number of rotatable bonds is 2. The molecule has 0 aliphatic carbocycles. The number of ketones is 1. The maximum absolute atomic E-state index is 13.4. The minimum atomic E-state index is -1.11. The summed E-state index contributed by atoms with van der Waals surface area (Å²) in [6, 6.07) is 2.16. The van der Waals surface area contributed by atoms with Crippen molar-refractivity contribution in [3.63, 3.8) is 0 Å². The lowest BCUT2D eigenvalue weighted by Crippen LogP contribution is -2.43. The largest absolute Gasteiger partial charge is 0.458 e. The number of carbonyl (C=O) groups excluding carboxylic acids is 2. The predicted octanol–water partition coefficient (Wildman–Crippen LogP) is 5.26. The summed E-state index contributed by atoms with van der Waals surface area (Å²) in [5.74, 6) is -2.32. The first-order valence-electron chi connectivity index (χ1n) is 12.9. The van der Waals surface area contributed by atoms with E-state index in [-0.39, 0.29) is 29.8 Å². The molecule has 7 atom stereocenters. The van der Waals surface area contributed by atoms with Gasteiger partial charge in [0, 0.05) is 23.1 Å². The maximum Gasteiger partial charge on any atom is 0.307 e. The van der Waals surface area contributed by atoms with Crippen molar-refractivity contribution >= 4 is 29.2 Å². The molecule has 0 aromatic carbocycles. The number of hydrogen-bond donors (Lipinski definition) is 1. The number of nitriles is 1. The van der Waals surface area contributed by atoms with E-state index < -0.39 is 35.4 Å². The van der Waals surface area contributed by atoms with E-state index in [9.17, 15) is 20.0 Å². The number of aliphatic hydroxyl groups is 1. The second-order valence-electron chi connectivity index (χ2n) is 11.4. The number of nitrogens with zero attached hydrogens (tertiary/aromatic N) is 2. The lowest BCUT2D eigenvalue weighted by molar-refractivity contribution is -0.150. The van der Waals surface area contributed by atoms with E-state index in [1.54, 1.807) is 32.1 Å². The first kappa shape index (κ1) is 28.5. The Morgan fingerprint density at radius 1 is 1.31 bits per heavy atom. The van der Waals surface area contributed by atoms with Gasteiger partial charge >= 0.3 is 5.97 Å². The number of Topliss-reactive ketones (excluding diaryl/α,β-unsaturated/α-hetero) is 1. The SMILES string of the molecule is C/C(=C\c1csc(C)n1)C1CC2OC2(C)CCCC(C)C(O)C(C)C(=O)C(C)(C)C(C#N)CC(=O)O1. The van der Waals surface area contributed by atoms with Crippen molar-refractivity contribution in [3.05, 3.63) is 21.7 Å². The van der Waals surface area contributed by atoms with Crippen LogP contribution >= 0.6 is 11.3 Å². The first-order valence-corrected chi connectivity index (χ1v) is 13.8. The molecule has 7 unspecified atom stereocenters. The Morgan fingerprint density at radius 3 is 2.61 bits per heavy atom. The number of epoxide rings is 1. The van der Waals surface area contributed by atoms with Crippen LogP contribution in [-0.2, 0) is 19.1 Å². The number of cyclic esters (lactones) is 1. The molecule has 1 aromatic heterocycles. The molecule has 0 saturated carbocycles. The third-order valence-electron chi connectivity index (χ3n) is 8.13. The standard InChI is InChI=1S/C28H40N2O5S/c1-16-9-8-10-28(7)23(35-28)13-22(17(2)11-21-15-36-19(4)30-21)34-24(31)12-20(14-29)27(5,6)26(33)18(3)25(16)32/h11,15-16,18,20,22-23,25,32H,8-10,12-13H2,1-7H3/b17-11+. The van der Waals surface area contributed by atoms with Crippen LogP contribution in [0.15, 0.2) is 11.0 Å². The predicted molar refractivity (Wildman–Crippen MR) is 139 cm³/mol. The van der Waals surface area contributed by atoms with Crippen molar-refractivity contribution < 1.29 is 24.2 Å². The molecule has 0 amide bonds. The van der Waals surface area contributed by atoms with E-state index in [1.165, 1.54) is 0 Å². The molecule has 2 fully saturated rings. The molecule has 36 heavy (non-hydrogen) atoms. The van der Waals surface area contributed by atoms with Gasteiger partial charge in [-0.1, -0.05) is 34.1 Å². The van der Waals surface area contributed by atoms with Gasteiger partial charge in [-0.2, -0.15) is 5.26 Å². The highest BCUT2D eigenvalue weighted by molar-refractivity contribution is 7.09. The van der Waals surface area contributed by atoms with Gasteiger partial charge in [-0.15, -0.1) is 11.3 Å². The summed E-state index contributed by atoms with van der Waals surface area (Å²) in [5.41, 5.74) is 0.270. The van der Waals surface area contributed by atoms with Gasteiger partial charge in [-0.25, -0.2) is 4.98 Å². The number of hydrogen-bond acceptors (Lipinski definition) is 8. The first-order chi connectivity index (χ1) is 16.8. The molecule has 2 aliphatic rings. The van der Waals surface area contributed by atoms with Crippen molar-refractivity contribution in [1.29, 1.82) is 5.26 Å². The summed E-state index contributed by atoms with van der Waals surface area (Å²) in [7, 11) is 0. The van der Waals surface area contributed by atoms with Crippen LogP contribution in [-0.4, -0.2) is 45.8 Å². The smallest absolute Gasteiger partial charge is 0.307 e. The summed E-state index contributed by atoms with van der Waals surface area (Å²) in [5, 5.41) is 23.7. The lowest BCUT2D eigenvalue weighted by atomic mass is 9.69. The lowest BCUT2D eigenvalue weighted by Gasteiger charge is -2.34. The maximum atomic E-state index is 13.4. The van der Waals surface area contributed by atoms with Crippen LogP contribution in [0.5, 0.6) is 0 Å². The average Bonchev–Trinajstić information content (AvgIpc) is 3.26. The van der Waals surface area contributed by atoms with Crippen LogP contribution in [0, 0.1) is 41.4 Å². The molecule has 0 spiro atoms. The van der Waals surface area contributed by atoms with Crippen molar-refractivity contribution in [2.24, 2.45) is 23.2 Å². The fourth-order valence-corrected chi connectivity index (χ4v) is 5.86. The van der Waals surface area contributed by atoms with Gasteiger partial charge in [0.05, 0.1) is 46.9 Å². The molecule has 7 nitrogen and oxygen atoms in total. The second-order valence-corrected chi connectivity index (χ2v) is 12.5. The van der Waals surface area contributed by atoms with Crippen molar-refractivity contribution in [2.45, 2.75) is 104 Å². The van der Waals surface area contributed by atoms with Crippen LogP contribution in [0.3, 0.4) is 0 Å². The zero-order valence-electron chi connectivity index (χ0n) is 22.5. The zero-order chi connectivity index (χ0) is 26.8. The summed E-state index contributed by atoms with van der Waals surface area (Å²) in [6.07, 6.45) is 3.32. The Morgan fingerprint density at radius 2 is 2.00 bits per heavy atom. The Balaban J connectivity index is 1.89. The molecule has 3 heterocycles. The van der Waals surface area contributed by atoms with Gasteiger partial charge in [-0.3, -0.25) is 9.59 Å². The average molecular weight is 517 g/mol. The number of esters is 1. The second kappa shape index (κ2) is 11.1. The zero-order valence-corrected chi connectivity index (χ0v) is 23.4. The van der Waals surface area contributed by atoms with E-state index in [0.29, 0.717) is 6.42 Å². The fourth-order valence-electron chi connectivity index (χ4n) is 5.29. The molecule has 198 valence electrons. The Labute approximate surface area is 218 Å². The number of thiazole rings is 1. The van der Waals surface area contributed by atoms with E-state index in [1.807, 2.05) is 32.2 Å². The van der Waals surface area contributed by atoms with Crippen molar-refractivity contribution in [2.75, 3.05) is 0 Å². The number of ether oxygens (including phenoxy) is 2. The molecular weight excluding hydrogens is 476 g/mol. The monoisotopic (exact) mass is 516 g/mol. The minimum Gasteiger partial charge on any atom is -0.458 e. The van der Waals surface area contributed by atoms with E-state index >= 15 is 0 Å². The highest BCUT2D eigenvalue weighted by Crippen LogP contribution is 2.45. The molecular formula is C28H40N2O5S. The number of aliphatic hydroxyl groups excluding tert-OH is 1. The highest BCUT2D eigenvalue weighted by atomic mass is 32.1. The number of fused-ring (bicyclic) bond motifs is 1. The van der Waals surface area contributed by atoms with Gasteiger partial charge in [-0.05, 0) is 51.2 Å². The van der Waals surface area contributed by atoms with Crippen molar-refractivity contribution in [1.82, 2.24) is 4.98 Å². The molecule has 2 saturated heterocycles. The van der Waals surface area contributed by atoms with Crippen molar-refractivity contribution in [3.8, 4) is 6.07 Å². The van der Waals surface area contributed by atoms with Gasteiger partial charge < -0.3 is 14.6 Å². The van der Waals surface area contributed by atoms with Gasteiger partial charge in [0.25, 0.3) is 0 Å². The quantitative estimate of drug-likeness (QED) is 0.421. The van der Waals surface area contributed by atoms with Crippen LogP contribution in [0.2, 0.25) is 0 Å². The molecule has 0 radical (unpaired) electrons. The number of aryl methyl sites for hydroxylation is 1.